The zero-order valence-corrected chi connectivity index (χ0v) is 10.8. The van der Waals surface area contributed by atoms with E-state index in [0.29, 0.717) is 0 Å². The van der Waals surface area contributed by atoms with Crippen molar-refractivity contribution in [3.8, 4) is 0 Å². The van der Waals surface area contributed by atoms with Gasteiger partial charge < -0.3 is 21.5 Å². The van der Waals surface area contributed by atoms with Gasteiger partial charge >= 0.3 is 12.0 Å². The standard InChI is InChI=1S/C13H17N3O4/c14-11(17)6-7-15-13(20)16-10(12(18)19)8-9-4-2-1-3-5-9/h1-5,10H,6-8H2,(H2,14,17)(H,18,19)(H2,15,16,20). The third kappa shape index (κ3) is 5.85. The van der Waals surface area contributed by atoms with Crippen molar-refractivity contribution in [3.05, 3.63) is 35.9 Å². The number of carbonyl (C=O) groups is 3. The van der Waals surface area contributed by atoms with Crippen LogP contribution in [0.5, 0.6) is 0 Å². The Kier molecular flexibility index (Phi) is 6.02. The second kappa shape index (κ2) is 7.78. The molecule has 0 fully saturated rings. The first kappa shape index (κ1) is 15.5. The van der Waals surface area contributed by atoms with Crippen LogP contribution in [0.15, 0.2) is 30.3 Å². The largest absolute Gasteiger partial charge is 0.480 e. The maximum Gasteiger partial charge on any atom is 0.326 e. The van der Waals surface area contributed by atoms with E-state index in [1.54, 1.807) is 24.3 Å². The van der Waals surface area contributed by atoms with Gasteiger partial charge in [-0.05, 0) is 5.56 Å². The fraction of sp³-hybridized carbons (Fsp3) is 0.308. The molecule has 0 spiro atoms. The highest BCUT2D eigenvalue weighted by Gasteiger charge is 2.20. The number of aliphatic carboxylic acids is 1. The van der Waals surface area contributed by atoms with E-state index < -0.39 is 23.9 Å². The van der Waals surface area contributed by atoms with Crippen LogP contribution in [-0.2, 0) is 16.0 Å². The van der Waals surface area contributed by atoms with E-state index in [9.17, 15) is 14.4 Å². The fourth-order valence-corrected chi connectivity index (χ4v) is 1.56. The van der Waals surface area contributed by atoms with Crippen LogP contribution in [-0.4, -0.2) is 35.6 Å². The van der Waals surface area contributed by atoms with Crippen molar-refractivity contribution in [1.29, 1.82) is 0 Å². The van der Waals surface area contributed by atoms with E-state index in [4.69, 9.17) is 10.8 Å². The predicted octanol–water partition coefficient (Wildman–Crippen LogP) is -0.143. The van der Waals surface area contributed by atoms with Crippen molar-refractivity contribution in [2.45, 2.75) is 18.9 Å². The number of rotatable bonds is 7. The summed E-state index contributed by atoms with van der Waals surface area (Å²) in [6, 6.07) is 7.29. The van der Waals surface area contributed by atoms with Crippen molar-refractivity contribution in [1.82, 2.24) is 10.6 Å². The minimum absolute atomic E-state index is 0.00381. The first-order valence-electron chi connectivity index (χ1n) is 6.08. The number of carboxylic acid groups (broad SMARTS) is 1. The third-order valence-corrected chi connectivity index (χ3v) is 2.54. The van der Waals surface area contributed by atoms with Crippen LogP contribution in [0.1, 0.15) is 12.0 Å². The van der Waals surface area contributed by atoms with Crippen LogP contribution in [0.4, 0.5) is 4.79 Å². The highest BCUT2D eigenvalue weighted by Crippen LogP contribution is 2.03. The van der Waals surface area contributed by atoms with Crippen molar-refractivity contribution in [2.24, 2.45) is 5.73 Å². The number of hydrogen-bond acceptors (Lipinski definition) is 3. The average Bonchev–Trinajstić information content (AvgIpc) is 2.38. The van der Waals surface area contributed by atoms with Crippen molar-refractivity contribution < 1.29 is 19.5 Å². The van der Waals surface area contributed by atoms with Gasteiger partial charge in [0.1, 0.15) is 6.04 Å². The zero-order chi connectivity index (χ0) is 15.0. The normalized spacial score (nSPS) is 11.4. The van der Waals surface area contributed by atoms with Gasteiger partial charge in [0.25, 0.3) is 0 Å². The maximum atomic E-state index is 11.5. The van der Waals surface area contributed by atoms with Crippen molar-refractivity contribution >= 4 is 17.9 Å². The van der Waals surface area contributed by atoms with Crippen LogP contribution in [0, 0.1) is 0 Å². The molecule has 0 aliphatic heterocycles. The highest BCUT2D eigenvalue weighted by molar-refractivity contribution is 5.83. The summed E-state index contributed by atoms with van der Waals surface area (Å²) in [6.45, 7) is 0.0683. The summed E-state index contributed by atoms with van der Waals surface area (Å²) in [7, 11) is 0. The van der Waals surface area contributed by atoms with Gasteiger partial charge in [0, 0.05) is 19.4 Å². The third-order valence-electron chi connectivity index (χ3n) is 2.54. The van der Waals surface area contributed by atoms with Gasteiger partial charge in [-0.25, -0.2) is 9.59 Å². The second-order valence-corrected chi connectivity index (χ2v) is 4.20. The molecule has 1 unspecified atom stereocenters. The lowest BCUT2D eigenvalue weighted by Crippen LogP contribution is -2.47. The molecule has 0 aromatic heterocycles. The molecular weight excluding hydrogens is 262 g/mol. The van der Waals surface area contributed by atoms with E-state index in [2.05, 4.69) is 10.6 Å². The Morgan fingerprint density at radius 2 is 1.85 bits per heavy atom. The molecule has 0 aliphatic carbocycles. The molecule has 7 heteroatoms. The zero-order valence-electron chi connectivity index (χ0n) is 10.8. The summed E-state index contributed by atoms with van der Waals surface area (Å²) < 4.78 is 0. The van der Waals surface area contributed by atoms with Gasteiger partial charge in [-0.2, -0.15) is 0 Å². The van der Waals surface area contributed by atoms with Crippen LogP contribution in [0.25, 0.3) is 0 Å². The average molecular weight is 279 g/mol. The number of nitrogens with one attached hydrogen (secondary N) is 2. The Morgan fingerprint density at radius 1 is 1.20 bits per heavy atom. The van der Waals surface area contributed by atoms with Crippen LogP contribution in [0.3, 0.4) is 0 Å². The van der Waals surface area contributed by atoms with Gasteiger partial charge in [0.15, 0.2) is 0 Å². The van der Waals surface area contributed by atoms with Crippen molar-refractivity contribution in [3.63, 3.8) is 0 Å². The monoisotopic (exact) mass is 279 g/mol. The number of benzene rings is 1. The van der Waals surface area contributed by atoms with Gasteiger partial charge in [-0.15, -0.1) is 0 Å². The van der Waals surface area contributed by atoms with E-state index >= 15 is 0 Å². The molecular formula is C13H17N3O4. The van der Waals surface area contributed by atoms with E-state index in [-0.39, 0.29) is 19.4 Å². The Labute approximate surface area is 116 Å². The summed E-state index contributed by atoms with van der Waals surface area (Å²) in [6.07, 6.45) is 0.184. The lowest BCUT2D eigenvalue weighted by Gasteiger charge is -2.15. The second-order valence-electron chi connectivity index (χ2n) is 4.20. The summed E-state index contributed by atoms with van der Waals surface area (Å²) in [5.41, 5.74) is 5.73. The molecule has 0 saturated heterocycles. The van der Waals surface area contributed by atoms with Gasteiger partial charge in [-0.3, -0.25) is 4.79 Å². The number of nitrogens with two attached hydrogens (primary N) is 1. The molecule has 7 nitrogen and oxygen atoms in total. The minimum Gasteiger partial charge on any atom is -0.480 e. The van der Waals surface area contributed by atoms with E-state index in [1.165, 1.54) is 0 Å². The predicted molar refractivity (Wildman–Crippen MR) is 71.9 cm³/mol. The molecule has 108 valence electrons. The first-order valence-corrected chi connectivity index (χ1v) is 6.08. The number of urea groups is 1. The number of hydrogen-bond donors (Lipinski definition) is 4. The quantitative estimate of drug-likeness (QED) is 0.554. The molecule has 0 aliphatic rings. The summed E-state index contributed by atoms with van der Waals surface area (Å²) in [5, 5.41) is 13.8. The van der Waals surface area contributed by atoms with Crippen LogP contribution < -0.4 is 16.4 Å². The summed E-state index contributed by atoms with van der Waals surface area (Å²) in [4.78, 5) is 33.1. The van der Waals surface area contributed by atoms with Crippen LogP contribution in [0.2, 0.25) is 0 Å². The first-order chi connectivity index (χ1) is 9.49. The molecule has 1 atom stereocenters. The molecule has 20 heavy (non-hydrogen) atoms. The minimum atomic E-state index is -1.13. The molecule has 0 heterocycles. The Balaban J connectivity index is 2.49. The molecule has 5 N–H and O–H groups in total. The molecule has 0 bridgehead atoms. The molecule has 1 rings (SSSR count). The van der Waals surface area contributed by atoms with E-state index in [1.807, 2.05) is 6.07 Å². The number of amides is 3. The Bertz CT molecular complexity index is 476. The Morgan fingerprint density at radius 3 is 2.40 bits per heavy atom. The SMILES string of the molecule is NC(=O)CCNC(=O)NC(Cc1ccccc1)C(=O)O. The van der Waals surface area contributed by atoms with E-state index in [0.717, 1.165) is 5.56 Å². The number of carbonyl (C=O) groups excluding carboxylic acids is 2. The number of carboxylic acids is 1. The smallest absolute Gasteiger partial charge is 0.326 e. The van der Waals surface area contributed by atoms with Gasteiger partial charge in [0.05, 0.1) is 0 Å². The van der Waals surface area contributed by atoms with Crippen LogP contribution >= 0.6 is 0 Å². The molecule has 1 aromatic carbocycles. The molecule has 0 saturated carbocycles. The highest BCUT2D eigenvalue weighted by atomic mass is 16.4. The maximum absolute atomic E-state index is 11.5. The molecule has 1 aromatic rings. The lowest BCUT2D eigenvalue weighted by atomic mass is 10.1. The molecule has 3 amide bonds. The lowest BCUT2D eigenvalue weighted by molar-refractivity contribution is -0.139. The fourth-order valence-electron chi connectivity index (χ4n) is 1.56. The topological polar surface area (TPSA) is 122 Å². The summed E-state index contributed by atoms with van der Waals surface area (Å²) >= 11 is 0. The molecule has 0 radical (unpaired) electrons. The summed E-state index contributed by atoms with van der Waals surface area (Å²) in [5.74, 6) is -1.66. The van der Waals surface area contributed by atoms with Gasteiger partial charge in [0.2, 0.25) is 5.91 Å². The van der Waals surface area contributed by atoms with Gasteiger partial charge in [-0.1, -0.05) is 30.3 Å². The number of primary amides is 1. The Hall–Kier alpha value is -2.57. The van der Waals surface area contributed by atoms with Crippen molar-refractivity contribution in [2.75, 3.05) is 6.54 Å².